The number of aliphatic hydroxyl groups is 2. The van der Waals surface area contributed by atoms with E-state index in [0.29, 0.717) is 58.4 Å². The molecule has 0 saturated carbocycles. The molecule has 0 aliphatic carbocycles. The van der Waals surface area contributed by atoms with E-state index in [1.165, 1.54) is 0 Å². The number of allylic oxidation sites excluding steroid dienone is 4. The van der Waals surface area contributed by atoms with Crippen LogP contribution in [0.3, 0.4) is 0 Å². The smallest absolute Gasteiger partial charge is 0.200 e. The molecule has 2 aliphatic heterocycles. The molecule has 52 heavy (non-hydrogen) atoms. The minimum Gasteiger partial charge on any atom is -0.390 e. The van der Waals surface area contributed by atoms with Gasteiger partial charge in [0, 0.05) is 32.5 Å². The molecule has 2 aromatic heterocycles. The van der Waals surface area contributed by atoms with E-state index in [1.807, 2.05) is 134 Å². The van der Waals surface area contributed by atoms with Crippen molar-refractivity contribution in [3.05, 3.63) is 140 Å². The third-order valence-corrected chi connectivity index (χ3v) is 10.4. The van der Waals surface area contributed by atoms with E-state index in [4.69, 9.17) is 9.97 Å². The number of carbonyl (C=O) groups excluding carboxylic acids is 1. The number of hydrogen-bond acceptors (Lipinski definition) is 9. The number of carbonyl (C=O) groups is 1. The maximum atomic E-state index is 16.1. The highest BCUT2D eigenvalue weighted by Crippen LogP contribution is 2.43. The Hall–Kier alpha value is -4.11. The zero-order valence-corrected chi connectivity index (χ0v) is 33.3. The predicted molar refractivity (Wildman–Crippen MR) is 210 cm³/mol. The fraction of sp³-hybridized carbons (Fsp3) is 0.308. The number of aliphatic hydroxyl groups excluding tert-OH is 2. The van der Waals surface area contributed by atoms with Gasteiger partial charge in [0.25, 0.3) is 0 Å². The van der Waals surface area contributed by atoms with E-state index < -0.39 is 11.1 Å². The van der Waals surface area contributed by atoms with Crippen LogP contribution < -0.4 is 10.6 Å². The summed E-state index contributed by atoms with van der Waals surface area (Å²) in [4.78, 5) is 29.9. The van der Waals surface area contributed by atoms with E-state index in [2.05, 4.69) is 42.5 Å². The highest BCUT2D eigenvalue weighted by Gasteiger charge is 2.53. The molecule has 2 atom stereocenters. The lowest BCUT2D eigenvalue weighted by Gasteiger charge is -2.43. The molecule has 0 amide bonds. The van der Waals surface area contributed by atoms with Gasteiger partial charge in [-0.15, -0.1) is 0 Å². The fourth-order valence-electron chi connectivity index (χ4n) is 7.11. The van der Waals surface area contributed by atoms with Gasteiger partial charge in [-0.05, 0) is 110 Å². The van der Waals surface area contributed by atoms with E-state index >= 15 is 4.79 Å². The summed E-state index contributed by atoms with van der Waals surface area (Å²) in [5.41, 5.74) is 2.60. The molecule has 272 valence electrons. The summed E-state index contributed by atoms with van der Waals surface area (Å²) in [6, 6.07) is 15.5. The molecule has 0 radical (unpaired) electrons. The van der Waals surface area contributed by atoms with Crippen LogP contribution in [0.4, 0.5) is 0 Å². The average molecular weight is 833 g/mol. The highest BCUT2D eigenvalue weighted by atomic mass is 79.9. The van der Waals surface area contributed by atoms with Gasteiger partial charge >= 0.3 is 0 Å². The third kappa shape index (κ3) is 6.65. The maximum Gasteiger partial charge on any atom is 0.200 e. The summed E-state index contributed by atoms with van der Waals surface area (Å²) in [5, 5.41) is 28.3. The minimum absolute atomic E-state index is 0.215. The number of nitrogens with one attached hydrogen (secondary N) is 2. The van der Waals surface area contributed by atoms with Crippen molar-refractivity contribution < 1.29 is 15.0 Å². The number of hydrogen-bond donors (Lipinski definition) is 4. The van der Waals surface area contributed by atoms with E-state index in [1.54, 1.807) is 12.4 Å². The first-order valence-electron chi connectivity index (χ1n) is 16.9. The summed E-state index contributed by atoms with van der Waals surface area (Å²) in [5.74, 6) is 1.26. The summed E-state index contributed by atoms with van der Waals surface area (Å²) in [7, 11) is 7.89. The van der Waals surface area contributed by atoms with Crippen molar-refractivity contribution in [2.45, 2.75) is 51.2 Å². The van der Waals surface area contributed by atoms with E-state index in [9.17, 15) is 10.2 Å². The number of aryl methyl sites for hydroxylation is 2. The zero-order chi connectivity index (χ0) is 37.4. The van der Waals surface area contributed by atoms with Crippen molar-refractivity contribution in [3.63, 3.8) is 0 Å². The van der Waals surface area contributed by atoms with Gasteiger partial charge in [0.05, 0.1) is 60.5 Å². The van der Waals surface area contributed by atoms with Gasteiger partial charge < -0.3 is 30.6 Å². The predicted octanol–water partition coefficient (Wildman–Crippen LogP) is 5.23. The lowest BCUT2D eigenvalue weighted by atomic mass is 9.70. The monoisotopic (exact) mass is 830 g/mol. The molecular weight excluding hydrogens is 788 g/mol. The number of Topliss-reactive ketones (excluding diaryl/α,β-unsaturated/α-hetero) is 1. The summed E-state index contributed by atoms with van der Waals surface area (Å²) in [6.07, 6.45) is 11.1. The highest BCUT2D eigenvalue weighted by molar-refractivity contribution is 9.12. The number of imidazole rings is 2. The standard InChI is InChI=1S/C39H44Br2N8O3/c1-25-33(23-50)48(35(44-25)21-46(3)4)31-13-9-7-11-29(31)38(17-15-27(40)19-42-38)37(52)39(18-16-28(41)20-43-39)30-12-8-10-14-32(30)49-34(24-51)26(2)45-36(49)22-47(5)6/h7-20,42-43,50-51H,21-24H2,1-6H3. The van der Waals surface area contributed by atoms with Crippen LogP contribution in [-0.4, -0.2) is 73.1 Å². The van der Waals surface area contributed by atoms with Crippen LogP contribution in [-0.2, 0) is 42.2 Å². The van der Waals surface area contributed by atoms with Gasteiger partial charge in [-0.1, -0.05) is 36.4 Å². The van der Waals surface area contributed by atoms with Gasteiger partial charge in [0.1, 0.15) is 22.7 Å². The second kappa shape index (κ2) is 15.1. The quantitative estimate of drug-likeness (QED) is 0.152. The fourth-order valence-corrected chi connectivity index (χ4v) is 7.61. The topological polar surface area (TPSA) is 124 Å². The van der Waals surface area contributed by atoms with Crippen LogP contribution in [0.2, 0.25) is 0 Å². The van der Waals surface area contributed by atoms with Gasteiger partial charge in [0.2, 0.25) is 5.78 Å². The van der Waals surface area contributed by atoms with Crippen molar-refractivity contribution in [3.8, 4) is 11.4 Å². The summed E-state index contributed by atoms with van der Waals surface area (Å²) in [6.45, 7) is 4.33. The zero-order valence-electron chi connectivity index (χ0n) is 30.2. The van der Waals surface area contributed by atoms with Crippen LogP contribution in [0.5, 0.6) is 0 Å². The Bertz CT molecular complexity index is 1980. The molecule has 0 spiro atoms. The Labute approximate surface area is 321 Å². The maximum absolute atomic E-state index is 16.1. The van der Waals surface area contributed by atoms with Crippen molar-refractivity contribution in [1.82, 2.24) is 39.5 Å². The molecule has 4 N–H and O–H groups in total. The van der Waals surface area contributed by atoms with Crippen LogP contribution >= 0.6 is 31.9 Å². The minimum atomic E-state index is -1.44. The SMILES string of the molecule is Cc1nc(CN(C)C)n(-c2ccccc2C2(C(=O)C3(c4ccccc4-n4c(CN(C)C)nc(C)c4CO)C=CC(Br)=CN3)C=CC(Br)=CN2)c1CO. The number of dihydropyridines is 2. The molecule has 2 aliphatic rings. The number of para-hydroxylation sites is 2. The Morgan fingerprint density at radius 1 is 0.712 bits per heavy atom. The second-order valence-corrected chi connectivity index (χ2v) is 15.4. The molecule has 13 heteroatoms. The molecular formula is C39H44Br2N8O3. The molecule has 0 saturated heterocycles. The first-order valence-corrected chi connectivity index (χ1v) is 18.5. The number of rotatable bonds is 12. The van der Waals surface area contributed by atoms with Gasteiger partial charge in [0.15, 0.2) is 0 Å². The molecule has 4 aromatic rings. The second-order valence-electron chi connectivity index (χ2n) is 13.6. The Balaban J connectivity index is 1.65. The van der Waals surface area contributed by atoms with Crippen molar-refractivity contribution in [1.29, 1.82) is 0 Å². The first kappa shape index (κ1) is 37.6. The molecule has 0 fully saturated rings. The third-order valence-electron chi connectivity index (χ3n) is 9.42. The lowest BCUT2D eigenvalue weighted by Crippen LogP contribution is -2.60. The molecule has 11 nitrogen and oxygen atoms in total. The number of nitrogens with zero attached hydrogens (tertiary/aromatic N) is 6. The van der Waals surface area contributed by atoms with Crippen LogP contribution in [0.25, 0.3) is 11.4 Å². The number of benzene rings is 2. The Kier molecular flexibility index (Phi) is 10.9. The summed E-state index contributed by atoms with van der Waals surface area (Å²) < 4.78 is 5.49. The van der Waals surface area contributed by atoms with E-state index in [0.717, 1.165) is 20.6 Å². The van der Waals surface area contributed by atoms with Gasteiger partial charge in [-0.25, -0.2) is 9.97 Å². The largest absolute Gasteiger partial charge is 0.390 e. The molecule has 4 heterocycles. The first-order chi connectivity index (χ1) is 24.9. The Morgan fingerprint density at radius 2 is 1.10 bits per heavy atom. The van der Waals surface area contributed by atoms with Crippen LogP contribution in [0.15, 0.2) is 94.2 Å². The van der Waals surface area contributed by atoms with Crippen LogP contribution in [0.1, 0.15) is 45.6 Å². The molecule has 0 bridgehead atoms. The van der Waals surface area contributed by atoms with Gasteiger partial charge in [-0.2, -0.15) is 0 Å². The molecule has 6 rings (SSSR count). The number of ketones is 1. The normalized spacial score (nSPS) is 19.8. The molecule has 2 aromatic carbocycles. The lowest BCUT2D eigenvalue weighted by molar-refractivity contribution is -0.128. The Morgan fingerprint density at radius 3 is 1.42 bits per heavy atom. The van der Waals surface area contributed by atoms with Gasteiger partial charge in [-0.3, -0.25) is 13.9 Å². The van der Waals surface area contributed by atoms with Crippen molar-refractivity contribution in [2.24, 2.45) is 0 Å². The summed E-state index contributed by atoms with van der Waals surface area (Å²) >= 11 is 7.21. The van der Waals surface area contributed by atoms with Crippen molar-refractivity contribution in [2.75, 3.05) is 28.2 Å². The van der Waals surface area contributed by atoms with E-state index in [-0.39, 0.29) is 19.0 Å². The average Bonchev–Trinajstić information content (AvgIpc) is 3.61. The van der Waals surface area contributed by atoms with Crippen LogP contribution in [0, 0.1) is 13.8 Å². The number of halogens is 2. The number of aromatic nitrogens is 4. The van der Waals surface area contributed by atoms with Crippen molar-refractivity contribution >= 4 is 37.6 Å². The molecule has 2 unspecified atom stereocenters.